The summed E-state index contributed by atoms with van der Waals surface area (Å²) in [6.45, 7) is 13.5. The Bertz CT molecular complexity index is 3650. The molecule has 5 aromatic carbocycles. The Kier molecular flexibility index (Phi) is 31.9. The number of hydrogen-bond donors (Lipinski definition) is 2. The van der Waals surface area contributed by atoms with Crippen LogP contribution in [0.3, 0.4) is 0 Å². The molecule has 0 aliphatic heterocycles. The molecule has 7 rings (SSSR count). The van der Waals surface area contributed by atoms with Gasteiger partial charge >= 0.3 is 35.2 Å². The molecule has 82 heavy (non-hydrogen) atoms. The third-order valence-corrected chi connectivity index (χ3v) is 18.8. The number of nitrogens with zero attached hydrogens (tertiary/aromatic N) is 7. The largest absolute Gasteiger partial charge is 1.00 e. The van der Waals surface area contributed by atoms with Gasteiger partial charge in [-0.05, 0) is 107 Å². The van der Waals surface area contributed by atoms with Gasteiger partial charge < -0.3 is 12.5 Å². The van der Waals surface area contributed by atoms with Gasteiger partial charge in [-0.2, -0.15) is 9.37 Å². The van der Waals surface area contributed by atoms with Gasteiger partial charge in [0.1, 0.15) is 9.92 Å². The van der Waals surface area contributed by atoms with E-state index in [2.05, 4.69) is 25.3 Å². The quantitative estimate of drug-likeness (QED) is 0.0206. The number of nitrogens with one attached hydrogen (secondary N) is 1. The third kappa shape index (κ3) is 23.4. The topological polar surface area (TPSA) is 321 Å². The van der Waals surface area contributed by atoms with E-state index >= 15 is 0 Å². The zero-order valence-corrected chi connectivity index (χ0v) is 54.1. The van der Waals surface area contributed by atoms with E-state index in [9.17, 15) is 60.0 Å². The monoisotopic (exact) mass is 1320 g/mol. The standard InChI is InChI=1S/C13H13Cl2N3O2S.C9H11NO4S.C9H13NO2S.C9H11NO2S.C6H4FNO2.C4HCl3N2.Na.H/c1-8(2)21(19,20)11-6-4-3-5-10(11)17-12-9(14)7-16-13(15)18-12;1-7(2)15(13,14)9-6-4-3-5-8(9)10(11)12;1-7(2)13(11,12)9-6-4-3-5-8(9)10;1-7(2)13-9-6-4-3-5-8(9)10(11)12;7-5-3-1-2-4-6(5)8(9)10;5-2-1-8-4(7)9-3(2)6;;/h3-8H,1-2H3,(H,16,17,18);3-7H,1-2H3;3-7H,10H2,1-2H3;3-7H,1-2H3;1-4H;1H;;/q;;;;;;+1;-1. The minimum Gasteiger partial charge on any atom is -1.00 e. The number of rotatable bonds is 13. The van der Waals surface area contributed by atoms with Crippen molar-refractivity contribution in [2.24, 2.45) is 0 Å². The van der Waals surface area contributed by atoms with Crippen molar-refractivity contribution in [2.45, 2.75) is 96.0 Å². The molecule has 0 saturated carbocycles. The first-order valence-electron chi connectivity index (χ1n) is 23.1. The number of nitrogens with two attached hydrogens (primary N) is 1. The number of nitrogen functional groups attached to an aromatic ring is 1. The van der Waals surface area contributed by atoms with Crippen LogP contribution in [-0.2, 0) is 29.5 Å². The fraction of sp³-hybridized carbons (Fsp3) is 0.240. The average molecular weight is 1320 g/mol. The molecule has 21 nitrogen and oxygen atoms in total. The summed E-state index contributed by atoms with van der Waals surface area (Å²) in [6.07, 6.45) is 2.69. The van der Waals surface area contributed by atoms with Crippen LogP contribution in [-0.4, -0.2) is 81.0 Å². The Balaban J connectivity index is 0.000000988. The molecule has 438 valence electrons. The first-order valence-corrected chi connectivity index (χ1v) is 30.5. The fourth-order valence-electron chi connectivity index (χ4n) is 5.62. The number of para-hydroxylation sites is 5. The smallest absolute Gasteiger partial charge is 1.00 e. The van der Waals surface area contributed by atoms with Crippen LogP contribution in [0.25, 0.3) is 0 Å². The number of thioether (sulfide) groups is 1. The molecule has 0 bridgehead atoms. The molecular weight excluding hydrogens is 1270 g/mol. The van der Waals surface area contributed by atoms with Crippen LogP contribution in [0, 0.1) is 36.2 Å². The molecule has 32 heteroatoms. The zero-order chi connectivity index (χ0) is 61.6. The normalized spacial score (nSPS) is 10.9. The number of aromatic nitrogens is 4. The summed E-state index contributed by atoms with van der Waals surface area (Å²) in [4.78, 5) is 45.2. The summed E-state index contributed by atoms with van der Waals surface area (Å²) in [5.74, 6) is -0.546. The number of halogens is 6. The van der Waals surface area contributed by atoms with Gasteiger partial charge in [0.05, 0.1) is 74.0 Å². The van der Waals surface area contributed by atoms with E-state index < -0.39 is 66.6 Å². The van der Waals surface area contributed by atoms with E-state index in [-0.39, 0.29) is 88.5 Å². The van der Waals surface area contributed by atoms with Crippen molar-refractivity contribution in [3.05, 3.63) is 196 Å². The maximum Gasteiger partial charge on any atom is 1.00 e. The molecule has 0 unspecified atom stereocenters. The molecular formula is C50H54Cl5FN9NaO12S4. The van der Waals surface area contributed by atoms with Crippen LogP contribution in [0.15, 0.2) is 153 Å². The van der Waals surface area contributed by atoms with Crippen molar-refractivity contribution in [1.29, 1.82) is 0 Å². The SMILES string of the molecule is CC(C)S(=O)(=O)c1ccccc1N.CC(C)S(=O)(=O)c1ccccc1Nc1nc(Cl)ncc1Cl.CC(C)S(=O)(=O)c1ccccc1[N+](=O)[O-].CC(C)Sc1ccccc1[N+](=O)[O-].Clc1ncc(Cl)c(Cl)n1.O=[N+]([O-])c1ccccc1F.[H-].[Na+]. The third-order valence-electron chi connectivity index (χ3n) is 9.76. The number of benzene rings is 5. The second-order valence-corrected chi connectivity index (χ2v) is 27.8. The van der Waals surface area contributed by atoms with Crippen molar-refractivity contribution >= 4 is 134 Å². The molecule has 0 saturated heterocycles. The van der Waals surface area contributed by atoms with Crippen molar-refractivity contribution < 1.29 is 75.4 Å². The van der Waals surface area contributed by atoms with Crippen LogP contribution in [0.4, 0.5) is 38.6 Å². The number of nitro benzene ring substituents is 3. The average Bonchev–Trinajstić information content (AvgIpc) is 3.39. The van der Waals surface area contributed by atoms with E-state index in [1.807, 2.05) is 19.9 Å². The van der Waals surface area contributed by atoms with Crippen LogP contribution >= 0.6 is 69.8 Å². The molecule has 0 amide bonds. The first kappa shape index (κ1) is 74.7. The van der Waals surface area contributed by atoms with Crippen molar-refractivity contribution in [2.75, 3.05) is 11.1 Å². The molecule has 2 aromatic heterocycles. The Labute approximate surface area is 526 Å². The second kappa shape index (κ2) is 35.1. The van der Waals surface area contributed by atoms with E-state index in [4.69, 9.17) is 63.7 Å². The molecule has 0 radical (unpaired) electrons. The number of hydrogen-bond acceptors (Lipinski definition) is 19. The molecule has 3 N–H and O–H groups in total. The van der Waals surface area contributed by atoms with Gasteiger partial charge in [-0.25, -0.2) is 40.2 Å². The molecule has 2 heterocycles. The van der Waals surface area contributed by atoms with Gasteiger partial charge in [0.2, 0.25) is 16.4 Å². The molecule has 7 aromatic rings. The molecule has 0 spiro atoms. The fourth-order valence-corrected chi connectivity index (χ4v) is 10.8. The van der Waals surface area contributed by atoms with Crippen LogP contribution in [0.2, 0.25) is 25.8 Å². The second-order valence-electron chi connectivity index (χ2n) is 16.9. The minimum atomic E-state index is -3.59. The van der Waals surface area contributed by atoms with Gasteiger partial charge in [0.25, 0.3) is 11.4 Å². The number of anilines is 3. The maximum absolute atomic E-state index is 12.4. The van der Waals surface area contributed by atoms with Crippen molar-refractivity contribution in [1.82, 2.24) is 19.9 Å². The maximum atomic E-state index is 12.4. The van der Waals surface area contributed by atoms with Crippen LogP contribution in [0.5, 0.6) is 0 Å². The summed E-state index contributed by atoms with van der Waals surface area (Å²) < 4.78 is 84.0. The Morgan fingerprint density at radius 2 is 0.927 bits per heavy atom. The Morgan fingerprint density at radius 3 is 1.38 bits per heavy atom. The predicted molar refractivity (Wildman–Crippen MR) is 318 cm³/mol. The summed E-state index contributed by atoms with van der Waals surface area (Å²) in [5.41, 5.74) is 5.62. The summed E-state index contributed by atoms with van der Waals surface area (Å²) in [7, 11) is -10.3. The van der Waals surface area contributed by atoms with Gasteiger partial charge in [-0.1, -0.05) is 109 Å². The van der Waals surface area contributed by atoms with E-state index in [0.29, 0.717) is 21.6 Å². The van der Waals surface area contributed by atoms with Gasteiger partial charge in [-0.3, -0.25) is 30.3 Å². The first-order chi connectivity index (χ1) is 37.7. The van der Waals surface area contributed by atoms with Gasteiger partial charge in [0, 0.05) is 23.4 Å². The van der Waals surface area contributed by atoms with Crippen molar-refractivity contribution in [3.8, 4) is 0 Å². The van der Waals surface area contributed by atoms with Crippen LogP contribution in [0.1, 0.15) is 56.8 Å². The summed E-state index contributed by atoms with van der Waals surface area (Å²) >= 11 is 29.5. The number of nitro groups is 3. The Morgan fingerprint density at radius 1 is 0.537 bits per heavy atom. The summed E-state index contributed by atoms with van der Waals surface area (Å²) in [5, 5.41) is 33.7. The molecule has 0 aliphatic rings. The molecule has 0 atom stereocenters. The van der Waals surface area contributed by atoms with E-state index in [1.165, 1.54) is 92.6 Å². The predicted octanol–water partition coefficient (Wildman–Crippen LogP) is 11.3. The number of sulfone groups is 3. The van der Waals surface area contributed by atoms with Gasteiger partial charge in [-0.15, -0.1) is 11.8 Å². The van der Waals surface area contributed by atoms with Crippen molar-refractivity contribution in [3.63, 3.8) is 0 Å². The van der Waals surface area contributed by atoms with E-state index in [1.54, 1.807) is 76.2 Å². The van der Waals surface area contributed by atoms with Crippen LogP contribution < -0.4 is 40.6 Å². The zero-order valence-electron chi connectivity index (χ0n) is 46.0. The van der Waals surface area contributed by atoms with E-state index in [0.717, 1.165) is 17.0 Å². The Hall–Kier alpha value is -5.36. The van der Waals surface area contributed by atoms with Gasteiger partial charge in [0.15, 0.2) is 40.5 Å². The molecule has 0 fully saturated rings. The summed E-state index contributed by atoms with van der Waals surface area (Å²) in [6, 6.07) is 30.2. The molecule has 0 aliphatic carbocycles. The minimum absolute atomic E-state index is 0.